The summed E-state index contributed by atoms with van der Waals surface area (Å²) >= 11 is 1.45. The molecule has 1 amide bonds. The molecular weight excluding hydrogens is 397 g/mol. The number of hydrogen-bond donors (Lipinski definition) is 1. The van der Waals surface area contributed by atoms with Crippen LogP contribution in [0.15, 0.2) is 60.0 Å². The summed E-state index contributed by atoms with van der Waals surface area (Å²) in [7, 11) is 0. The Labute approximate surface area is 179 Å². The highest BCUT2D eigenvalue weighted by molar-refractivity contribution is 7.10. The number of amides is 1. The van der Waals surface area contributed by atoms with Crippen LogP contribution < -0.4 is 5.32 Å². The molecule has 0 aliphatic carbocycles. The van der Waals surface area contributed by atoms with Gasteiger partial charge in [0.1, 0.15) is 10.8 Å². The van der Waals surface area contributed by atoms with E-state index in [-0.39, 0.29) is 18.1 Å². The van der Waals surface area contributed by atoms with Gasteiger partial charge in [0.25, 0.3) is 0 Å². The van der Waals surface area contributed by atoms with Gasteiger partial charge in [-0.25, -0.2) is 9.37 Å². The molecular formula is C24H22FN3OS. The zero-order valence-electron chi connectivity index (χ0n) is 17.1. The Morgan fingerprint density at radius 1 is 1.10 bits per heavy atom. The van der Waals surface area contributed by atoms with Crippen LogP contribution in [0.5, 0.6) is 0 Å². The Bertz CT molecular complexity index is 1220. The van der Waals surface area contributed by atoms with Crippen molar-refractivity contribution < 1.29 is 9.18 Å². The highest BCUT2D eigenvalue weighted by Crippen LogP contribution is 2.31. The molecule has 2 aromatic carbocycles. The van der Waals surface area contributed by atoms with Gasteiger partial charge in [0, 0.05) is 28.0 Å². The van der Waals surface area contributed by atoms with Crippen molar-refractivity contribution in [1.29, 1.82) is 0 Å². The predicted octanol–water partition coefficient (Wildman–Crippen LogP) is 5.85. The minimum Gasteiger partial charge on any atom is -0.325 e. The molecule has 2 aromatic heterocycles. The van der Waals surface area contributed by atoms with Gasteiger partial charge in [-0.2, -0.15) is 0 Å². The number of rotatable bonds is 5. The van der Waals surface area contributed by atoms with Gasteiger partial charge in [0.05, 0.1) is 17.8 Å². The molecule has 4 nitrogen and oxygen atoms in total. The van der Waals surface area contributed by atoms with Gasteiger partial charge in [0.2, 0.25) is 5.91 Å². The van der Waals surface area contributed by atoms with E-state index in [1.807, 2.05) is 67.1 Å². The number of aryl methyl sites for hydroxylation is 2. The molecule has 0 fully saturated rings. The maximum Gasteiger partial charge on any atom is 0.231 e. The van der Waals surface area contributed by atoms with Crippen molar-refractivity contribution >= 4 is 22.9 Å². The average molecular weight is 420 g/mol. The van der Waals surface area contributed by atoms with Gasteiger partial charge < -0.3 is 9.88 Å². The Morgan fingerprint density at radius 2 is 1.83 bits per heavy atom. The lowest BCUT2D eigenvalue weighted by Crippen LogP contribution is -2.14. The summed E-state index contributed by atoms with van der Waals surface area (Å²) in [6, 6.07) is 16.4. The minimum absolute atomic E-state index is 0.0953. The van der Waals surface area contributed by atoms with Crippen molar-refractivity contribution in [2.75, 3.05) is 5.32 Å². The van der Waals surface area contributed by atoms with E-state index >= 15 is 0 Å². The molecule has 0 spiro atoms. The average Bonchev–Trinajstić information content (AvgIpc) is 3.28. The molecule has 0 aliphatic rings. The largest absolute Gasteiger partial charge is 0.325 e. The van der Waals surface area contributed by atoms with Crippen LogP contribution in [-0.4, -0.2) is 15.5 Å². The third-order valence-corrected chi connectivity index (χ3v) is 5.93. The minimum atomic E-state index is -0.266. The van der Waals surface area contributed by atoms with Gasteiger partial charge in [-0.05, 0) is 50.6 Å². The quantitative estimate of drug-likeness (QED) is 0.441. The zero-order valence-corrected chi connectivity index (χ0v) is 17.9. The Morgan fingerprint density at radius 3 is 2.60 bits per heavy atom. The molecule has 0 atom stereocenters. The van der Waals surface area contributed by atoms with Crippen molar-refractivity contribution in [3.8, 4) is 16.9 Å². The van der Waals surface area contributed by atoms with Crippen LogP contribution in [0.25, 0.3) is 16.9 Å². The first kappa shape index (κ1) is 20.0. The molecule has 30 heavy (non-hydrogen) atoms. The van der Waals surface area contributed by atoms with Crippen molar-refractivity contribution in [2.24, 2.45) is 0 Å². The molecule has 0 saturated heterocycles. The molecule has 4 rings (SSSR count). The van der Waals surface area contributed by atoms with Crippen LogP contribution in [0.1, 0.15) is 22.0 Å². The molecule has 1 N–H and O–H groups in total. The lowest BCUT2D eigenvalue weighted by molar-refractivity contribution is -0.115. The zero-order chi connectivity index (χ0) is 21.3. The van der Waals surface area contributed by atoms with Crippen molar-refractivity contribution in [3.63, 3.8) is 0 Å². The highest BCUT2D eigenvalue weighted by atomic mass is 32.1. The number of nitrogens with one attached hydrogen (secondary N) is 1. The lowest BCUT2D eigenvalue weighted by Gasteiger charge is -2.10. The number of para-hydroxylation sites is 2. The molecule has 0 aliphatic heterocycles. The van der Waals surface area contributed by atoms with Gasteiger partial charge in [-0.3, -0.25) is 4.79 Å². The first-order valence-corrected chi connectivity index (χ1v) is 10.6. The monoisotopic (exact) mass is 419 g/mol. The smallest absolute Gasteiger partial charge is 0.231 e. The molecule has 2 heterocycles. The van der Waals surface area contributed by atoms with Crippen molar-refractivity contribution in [3.05, 3.63) is 87.8 Å². The Balaban J connectivity index is 1.56. The first-order valence-electron chi connectivity index (χ1n) is 9.68. The third-order valence-electron chi connectivity index (χ3n) is 5.08. The topological polar surface area (TPSA) is 46.9 Å². The van der Waals surface area contributed by atoms with Crippen LogP contribution in [0.3, 0.4) is 0 Å². The Kier molecular flexibility index (Phi) is 5.50. The SMILES string of the molecule is Cc1ccccc1NC(=O)Cc1nc(-c2cc(C)n(-c3ccccc3F)c2C)cs1. The Hall–Kier alpha value is -3.25. The van der Waals surface area contributed by atoms with Gasteiger partial charge in [-0.15, -0.1) is 11.3 Å². The van der Waals surface area contributed by atoms with Crippen LogP contribution >= 0.6 is 11.3 Å². The summed E-state index contributed by atoms with van der Waals surface area (Å²) in [5.41, 5.74) is 5.94. The molecule has 0 unspecified atom stereocenters. The molecule has 0 radical (unpaired) electrons. The summed E-state index contributed by atoms with van der Waals surface area (Å²) in [6.45, 7) is 5.87. The van der Waals surface area contributed by atoms with Crippen LogP contribution in [0.4, 0.5) is 10.1 Å². The standard InChI is InChI=1S/C24H22FN3OS/c1-15-8-4-6-10-20(15)26-23(29)13-24-27-21(14-30-24)18-12-16(2)28(17(18)3)22-11-7-5-9-19(22)25/h4-12,14H,13H2,1-3H3,(H,26,29). The fourth-order valence-corrected chi connectivity index (χ4v) is 4.38. The molecule has 0 bridgehead atoms. The number of carbonyl (C=O) groups excluding carboxylic acids is 1. The normalized spacial score (nSPS) is 10.9. The van der Waals surface area contributed by atoms with Crippen LogP contribution in [0.2, 0.25) is 0 Å². The van der Waals surface area contributed by atoms with Crippen LogP contribution in [-0.2, 0) is 11.2 Å². The number of carbonyl (C=O) groups is 1. The lowest BCUT2D eigenvalue weighted by atomic mass is 10.2. The van der Waals surface area contributed by atoms with E-state index < -0.39 is 0 Å². The van der Waals surface area contributed by atoms with E-state index in [1.54, 1.807) is 12.1 Å². The van der Waals surface area contributed by atoms with E-state index in [0.29, 0.717) is 5.69 Å². The van der Waals surface area contributed by atoms with Gasteiger partial charge >= 0.3 is 0 Å². The highest BCUT2D eigenvalue weighted by Gasteiger charge is 2.17. The maximum absolute atomic E-state index is 14.3. The first-order chi connectivity index (χ1) is 14.4. The second-order valence-corrected chi connectivity index (χ2v) is 8.18. The molecule has 6 heteroatoms. The van der Waals surface area contributed by atoms with E-state index in [1.165, 1.54) is 17.4 Å². The maximum atomic E-state index is 14.3. The van der Waals surface area contributed by atoms with E-state index in [2.05, 4.69) is 10.3 Å². The fourth-order valence-electron chi connectivity index (χ4n) is 3.59. The summed E-state index contributed by atoms with van der Waals surface area (Å²) < 4.78 is 16.2. The van der Waals surface area contributed by atoms with Gasteiger partial charge in [0.15, 0.2) is 0 Å². The number of aromatic nitrogens is 2. The van der Waals surface area contributed by atoms with Crippen molar-refractivity contribution in [2.45, 2.75) is 27.2 Å². The number of halogens is 1. The molecule has 0 saturated carbocycles. The molecule has 4 aromatic rings. The summed E-state index contributed by atoms with van der Waals surface area (Å²) in [6.07, 6.45) is 0.213. The fraction of sp³-hybridized carbons (Fsp3) is 0.167. The number of benzene rings is 2. The van der Waals surface area contributed by atoms with Crippen molar-refractivity contribution in [1.82, 2.24) is 9.55 Å². The summed E-state index contributed by atoms with van der Waals surface area (Å²) in [5.74, 6) is -0.361. The predicted molar refractivity (Wildman–Crippen MR) is 120 cm³/mol. The summed E-state index contributed by atoms with van der Waals surface area (Å²) in [5, 5.41) is 5.63. The number of thiazole rings is 1. The number of anilines is 1. The molecule has 152 valence electrons. The number of hydrogen-bond acceptors (Lipinski definition) is 3. The van der Waals surface area contributed by atoms with Gasteiger partial charge in [-0.1, -0.05) is 30.3 Å². The second kappa shape index (κ2) is 8.24. The van der Waals surface area contributed by atoms with E-state index in [4.69, 9.17) is 0 Å². The number of nitrogens with zero attached hydrogens (tertiary/aromatic N) is 2. The summed E-state index contributed by atoms with van der Waals surface area (Å²) in [4.78, 5) is 17.1. The van der Waals surface area contributed by atoms with Crippen LogP contribution in [0, 0.1) is 26.6 Å². The van der Waals surface area contributed by atoms with E-state index in [9.17, 15) is 9.18 Å². The van der Waals surface area contributed by atoms with E-state index in [0.717, 1.165) is 38.9 Å². The third kappa shape index (κ3) is 3.91. The second-order valence-electron chi connectivity index (χ2n) is 7.24.